The Morgan fingerprint density at radius 2 is 1.76 bits per heavy atom. The maximum atomic E-state index is 14.1. The molecule has 156 valence electrons. The SMILES string of the molecule is COC(C(=O)N1CCCN(Cc2ccccn2)CC1)(c1ccccc1)C(F)(F)F. The van der Waals surface area contributed by atoms with Gasteiger partial charge in [-0.15, -0.1) is 0 Å². The fraction of sp³-hybridized carbons (Fsp3) is 0.429. The molecule has 1 aromatic heterocycles. The van der Waals surface area contributed by atoms with E-state index in [2.05, 4.69) is 9.88 Å². The van der Waals surface area contributed by atoms with E-state index < -0.39 is 17.7 Å². The van der Waals surface area contributed by atoms with Crippen molar-refractivity contribution in [3.63, 3.8) is 0 Å². The van der Waals surface area contributed by atoms with Crippen LogP contribution >= 0.6 is 0 Å². The Morgan fingerprint density at radius 3 is 2.38 bits per heavy atom. The van der Waals surface area contributed by atoms with Gasteiger partial charge >= 0.3 is 6.18 Å². The lowest BCUT2D eigenvalue weighted by molar-refractivity contribution is -0.270. The molecule has 2 heterocycles. The molecule has 8 heteroatoms. The summed E-state index contributed by atoms with van der Waals surface area (Å²) in [6.45, 7) is 2.17. The molecule has 1 amide bonds. The lowest BCUT2D eigenvalue weighted by Crippen LogP contribution is -2.57. The molecule has 1 saturated heterocycles. The Balaban J connectivity index is 1.80. The predicted octanol–water partition coefficient (Wildman–Crippen LogP) is 3.22. The van der Waals surface area contributed by atoms with Gasteiger partial charge in [0.25, 0.3) is 11.5 Å². The highest BCUT2D eigenvalue weighted by atomic mass is 19.4. The van der Waals surface area contributed by atoms with Crippen LogP contribution in [0, 0.1) is 0 Å². The highest BCUT2D eigenvalue weighted by molar-refractivity contribution is 5.87. The van der Waals surface area contributed by atoms with Gasteiger partial charge in [0.15, 0.2) is 0 Å². The first-order chi connectivity index (χ1) is 13.9. The molecule has 1 aromatic carbocycles. The topological polar surface area (TPSA) is 45.7 Å². The van der Waals surface area contributed by atoms with Gasteiger partial charge in [0.05, 0.1) is 5.69 Å². The van der Waals surface area contributed by atoms with Gasteiger partial charge in [0, 0.05) is 51.6 Å². The quantitative estimate of drug-likeness (QED) is 0.764. The molecule has 1 aliphatic heterocycles. The molecule has 0 bridgehead atoms. The Kier molecular flexibility index (Phi) is 6.54. The van der Waals surface area contributed by atoms with Crippen LogP contribution in [0.3, 0.4) is 0 Å². The number of hydrogen-bond donors (Lipinski definition) is 0. The van der Waals surface area contributed by atoms with Crippen molar-refractivity contribution in [2.45, 2.75) is 24.7 Å². The van der Waals surface area contributed by atoms with Gasteiger partial charge < -0.3 is 9.64 Å². The number of hydrogen-bond acceptors (Lipinski definition) is 4. The molecule has 29 heavy (non-hydrogen) atoms. The van der Waals surface area contributed by atoms with Crippen molar-refractivity contribution in [2.24, 2.45) is 0 Å². The van der Waals surface area contributed by atoms with Crippen LogP contribution in [0.25, 0.3) is 0 Å². The molecule has 0 N–H and O–H groups in total. The summed E-state index contributed by atoms with van der Waals surface area (Å²) in [7, 11) is 0.934. The molecular weight excluding hydrogens is 383 g/mol. The number of aromatic nitrogens is 1. The van der Waals surface area contributed by atoms with Crippen LogP contribution in [0.15, 0.2) is 54.7 Å². The Labute approximate surface area is 168 Å². The van der Waals surface area contributed by atoms with Gasteiger partial charge in [-0.25, -0.2) is 0 Å². The monoisotopic (exact) mass is 407 g/mol. The summed E-state index contributed by atoms with van der Waals surface area (Å²) in [5.74, 6) is -1.07. The van der Waals surface area contributed by atoms with Gasteiger partial charge in [-0.05, 0) is 18.6 Å². The number of halogens is 3. The Bertz CT molecular complexity index is 802. The third-order valence-corrected chi connectivity index (χ3v) is 5.17. The van der Waals surface area contributed by atoms with Crippen LogP contribution < -0.4 is 0 Å². The number of alkyl halides is 3. The number of ether oxygens (including phenoxy) is 1. The largest absolute Gasteiger partial charge is 0.430 e. The molecular formula is C21H24F3N3O2. The second kappa shape index (κ2) is 8.92. The zero-order valence-corrected chi connectivity index (χ0v) is 16.2. The molecule has 0 radical (unpaired) electrons. The maximum absolute atomic E-state index is 14.1. The van der Waals surface area contributed by atoms with E-state index in [9.17, 15) is 18.0 Å². The third-order valence-electron chi connectivity index (χ3n) is 5.17. The van der Waals surface area contributed by atoms with Gasteiger partial charge in [-0.3, -0.25) is 14.7 Å². The standard InChI is InChI=1S/C21H24F3N3O2/c1-29-20(21(22,23)24,17-8-3-2-4-9-17)19(28)27-13-7-12-26(14-15-27)16-18-10-5-6-11-25-18/h2-6,8-11H,7,12-16H2,1H3. The third kappa shape index (κ3) is 4.43. The molecule has 0 aliphatic carbocycles. The minimum Gasteiger partial charge on any atom is -0.356 e. The summed E-state index contributed by atoms with van der Waals surface area (Å²) in [5.41, 5.74) is -2.34. The summed E-state index contributed by atoms with van der Waals surface area (Å²) in [6.07, 6.45) is -2.61. The summed E-state index contributed by atoms with van der Waals surface area (Å²) in [4.78, 5) is 20.8. The van der Waals surface area contributed by atoms with E-state index in [1.165, 1.54) is 29.2 Å². The van der Waals surface area contributed by atoms with Gasteiger partial charge in [0.1, 0.15) is 0 Å². The molecule has 5 nitrogen and oxygen atoms in total. The van der Waals surface area contributed by atoms with Crippen LogP contribution in [-0.4, -0.2) is 60.2 Å². The number of carbonyl (C=O) groups is 1. The predicted molar refractivity (Wildman–Crippen MR) is 102 cm³/mol. The Morgan fingerprint density at radius 1 is 1.03 bits per heavy atom. The fourth-order valence-corrected chi connectivity index (χ4v) is 3.68. The van der Waals surface area contributed by atoms with E-state index in [1.54, 1.807) is 12.3 Å². The fourth-order valence-electron chi connectivity index (χ4n) is 3.68. The first-order valence-electron chi connectivity index (χ1n) is 9.47. The Hall–Kier alpha value is -2.45. The number of rotatable bonds is 5. The first-order valence-corrected chi connectivity index (χ1v) is 9.47. The molecule has 3 rings (SSSR count). The minimum atomic E-state index is -4.89. The smallest absolute Gasteiger partial charge is 0.356 e. The van der Waals surface area contributed by atoms with E-state index >= 15 is 0 Å². The molecule has 1 unspecified atom stereocenters. The van der Waals surface area contributed by atoms with Crippen molar-refractivity contribution in [3.05, 3.63) is 66.0 Å². The zero-order chi connectivity index (χ0) is 20.9. The number of carbonyl (C=O) groups excluding carboxylic acids is 1. The van der Waals surface area contributed by atoms with Gasteiger partial charge in [-0.1, -0.05) is 36.4 Å². The van der Waals surface area contributed by atoms with E-state index in [-0.39, 0.29) is 18.7 Å². The summed E-state index contributed by atoms with van der Waals surface area (Å²) in [5, 5.41) is 0. The highest BCUT2D eigenvalue weighted by Crippen LogP contribution is 2.43. The zero-order valence-electron chi connectivity index (χ0n) is 16.2. The minimum absolute atomic E-state index is 0.194. The number of benzene rings is 1. The average molecular weight is 407 g/mol. The van der Waals surface area contributed by atoms with Crippen LogP contribution in [0.2, 0.25) is 0 Å². The number of amides is 1. The molecule has 0 saturated carbocycles. The van der Waals surface area contributed by atoms with Crippen molar-refractivity contribution in [1.29, 1.82) is 0 Å². The van der Waals surface area contributed by atoms with Crippen LogP contribution in [-0.2, 0) is 21.7 Å². The highest BCUT2D eigenvalue weighted by Gasteiger charge is 2.63. The number of methoxy groups -OCH3 is 1. The first kappa shape index (κ1) is 21.3. The summed E-state index contributed by atoms with van der Waals surface area (Å²) in [6, 6.07) is 12.7. The lowest BCUT2D eigenvalue weighted by atomic mass is 9.91. The van der Waals surface area contributed by atoms with Crippen molar-refractivity contribution >= 4 is 5.91 Å². The van der Waals surface area contributed by atoms with Crippen molar-refractivity contribution in [3.8, 4) is 0 Å². The second-order valence-electron chi connectivity index (χ2n) is 6.99. The van der Waals surface area contributed by atoms with Gasteiger partial charge in [0.2, 0.25) is 0 Å². The van der Waals surface area contributed by atoms with Crippen LogP contribution in [0.1, 0.15) is 17.7 Å². The van der Waals surface area contributed by atoms with E-state index in [0.29, 0.717) is 26.1 Å². The number of pyridine rings is 1. The van der Waals surface area contributed by atoms with Crippen LogP contribution in [0.4, 0.5) is 13.2 Å². The molecule has 2 aromatic rings. The second-order valence-corrected chi connectivity index (χ2v) is 6.99. The molecule has 1 atom stereocenters. The summed E-state index contributed by atoms with van der Waals surface area (Å²) >= 11 is 0. The van der Waals surface area contributed by atoms with Crippen molar-refractivity contribution in [1.82, 2.24) is 14.8 Å². The van der Waals surface area contributed by atoms with E-state index in [0.717, 1.165) is 12.8 Å². The molecule has 0 spiro atoms. The lowest BCUT2D eigenvalue weighted by Gasteiger charge is -2.37. The van der Waals surface area contributed by atoms with Crippen molar-refractivity contribution in [2.75, 3.05) is 33.3 Å². The van der Waals surface area contributed by atoms with Crippen molar-refractivity contribution < 1.29 is 22.7 Å². The van der Waals surface area contributed by atoms with Crippen LogP contribution in [0.5, 0.6) is 0 Å². The average Bonchev–Trinajstić information content (AvgIpc) is 2.95. The van der Waals surface area contributed by atoms with Gasteiger partial charge in [-0.2, -0.15) is 13.2 Å². The molecule has 1 aliphatic rings. The summed E-state index contributed by atoms with van der Waals surface area (Å²) < 4.78 is 47.4. The normalized spacial score (nSPS) is 18.1. The van der Waals surface area contributed by atoms with E-state index in [4.69, 9.17) is 4.74 Å². The van der Waals surface area contributed by atoms with E-state index in [1.807, 2.05) is 18.2 Å². The molecule has 1 fully saturated rings. The maximum Gasteiger partial charge on any atom is 0.430 e. The number of nitrogens with zero attached hydrogens (tertiary/aromatic N) is 3.